The predicted octanol–water partition coefficient (Wildman–Crippen LogP) is 4.42. The zero-order valence-electron chi connectivity index (χ0n) is 19.3. The highest BCUT2D eigenvalue weighted by atomic mass is 16.5. The summed E-state index contributed by atoms with van der Waals surface area (Å²) in [6.45, 7) is 7.24. The summed E-state index contributed by atoms with van der Waals surface area (Å²) in [4.78, 5) is 39.9. The third-order valence-electron chi connectivity index (χ3n) is 7.30. The summed E-state index contributed by atoms with van der Waals surface area (Å²) >= 11 is 0. The molecular weight excluding hydrogens is 408 g/mol. The van der Waals surface area contributed by atoms with E-state index in [4.69, 9.17) is 4.74 Å². The highest BCUT2D eigenvalue weighted by Gasteiger charge is 2.41. The maximum atomic E-state index is 12.6. The lowest BCUT2D eigenvalue weighted by atomic mass is 9.79. The lowest BCUT2D eigenvalue weighted by Crippen LogP contribution is -2.53. The number of hydrogen-bond donors (Lipinski definition) is 1. The summed E-state index contributed by atoms with van der Waals surface area (Å²) < 4.78 is 6.43. The van der Waals surface area contributed by atoms with Crippen LogP contribution in [0, 0.1) is 11.3 Å². The van der Waals surface area contributed by atoms with Crippen LogP contribution in [0.5, 0.6) is 0 Å². The molecule has 3 amide bonds. The number of benzene rings is 1. The van der Waals surface area contributed by atoms with E-state index in [-0.39, 0.29) is 35.5 Å². The minimum atomic E-state index is -0.850. The molecule has 3 aliphatic rings. The standard InChI is InChI=1S/C25H34N2O5/c1-25(2,3)21-14-18(12-13-26(21)24(30)31)32-17-10-8-16(9-11-17)15-27-22(28)19-6-4-5-7-20(19)23(27)29/h4-7,16-18,21H,8-15H2,1-3H3,(H,30,31). The van der Waals surface area contributed by atoms with Crippen molar-refractivity contribution in [2.45, 2.75) is 77.5 Å². The van der Waals surface area contributed by atoms with Crippen molar-refractivity contribution in [2.24, 2.45) is 11.3 Å². The van der Waals surface area contributed by atoms with E-state index in [1.54, 1.807) is 29.2 Å². The smallest absolute Gasteiger partial charge is 0.407 e. The fourth-order valence-electron chi connectivity index (χ4n) is 5.49. The monoisotopic (exact) mass is 442 g/mol. The largest absolute Gasteiger partial charge is 0.465 e. The van der Waals surface area contributed by atoms with E-state index in [9.17, 15) is 19.5 Å². The third kappa shape index (κ3) is 4.53. The minimum absolute atomic E-state index is 0.0519. The Morgan fingerprint density at radius 2 is 1.59 bits per heavy atom. The van der Waals surface area contributed by atoms with Gasteiger partial charge in [0.25, 0.3) is 11.8 Å². The zero-order chi connectivity index (χ0) is 23.0. The summed E-state index contributed by atoms with van der Waals surface area (Å²) in [6.07, 6.45) is 4.52. The van der Waals surface area contributed by atoms with Crippen molar-refractivity contribution in [3.8, 4) is 0 Å². The van der Waals surface area contributed by atoms with E-state index < -0.39 is 6.09 Å². The lowest BCUT2D eigenvalue weighted by Gasteiger charge is -2.45. The van der Waals surface area contributed by atoms with E-state index in [0.29, 0.717) is 30.1 Å². The molecule has 7 heteroatoms. The van der Waals surface area contributed by atoms with Crippen LogP contribution in [0.15, 0.2) is 24.3 Å². The summed E-state index contributed by atoms with van der Waals surface area (Å²) in [5.74, 6) is -0.0574. The van der Waals surface area contributed by atoms with Crippen LogP contribution in [0.4, 0.5) is 4.79 Å². The quantitative estimate of drug-likeness (QED) is 0.698. The number of nitrogens with zero attached hydrogens (tertiary/aromatic N) is 2. The second-order valence-corrected chi connectivity index (χ2v) is 10.5. The zero-order valence-corrected chi connectivity index (χ0v) is 19.3. The second-order valence-electron chi connectivity index (χ2n) is 10.5. The number of amides is 3. The fourth-order valence-corrected chi connectivity index (χ4v) is 5.49. The SMILES string of the molecule is CC(C)(C)C1CC(OC2CCC(CN3C(=O)c4ccccc4C3=O)CC2)CCN1C(=O)O. The van der Waals surface area contributed by atoms with Gasteiger partial charge < -0.3 is 14.7 Å². The molecule has 2 aliphatic heterocycles. The molecule has 7 nitrogen and oxygen atoms in total. The van der Waals surface area contributed by atoms with Gasteiger partial charge in [-0.2, -0.15) is 0 Å². The van der Waals surface area contributed by atoms with Crippen LogP contribution in [0.25, 0.3) is 0 Å². The number of carboxylic acid groups (broad SMARTS) is 1. The molecular formula is C25H34N2O5. The molecule has 1 saturated heterocycles. The summed E-state index contributed by atoms with van der Waals surface area (Å²) in [6, 6.07) is 6.98. The lowest BCUT2D eigenvalue weighted by molar-refractivity contribution is -0.0822. The number of piperidine rings is 1. The van der Waals surface area contributed by atoms with Gasteiger partial charge >= 0.3 is 6.09 Å². The average molecular weight is 443 g/mol. The number of rotatable bonds is 4. The normalized spacial score (nSPS) is 28.7. The Balaban J connectivity index is 1.28. The molecule has 2 fully saturated rings. The number of imide groups is 1. The number of likely N-dealkylation sites (tertiary alicyclic amines) is 1. The van der Waals surface area contributed by atoms with Gasteiger partial charge in [0.05, 0.1) is 23.3 Å². The van der Waals surface area contributed by atoms with E-state index in [2.05, 4.69) is 20.8 Å². The van der Waals surface area contributed by atoms with Crippen LogP contribution in [0.1, 0.15) is 80.0 Å². The number of carbonyl (C=O) groups excluding carboxylic acids is 2. The molecule has 4 rings (SSSR count). The summed E-state index contributed by atoms with van der Waals surface area (Å²) in [5.41, 5.74) is 0.885. The number of fused-ring (bicyclic) bond motifs is 1. The summed E-state index contributed by atoms with van der Waals surface area (Å²) in [7, 11) is 0. The Kier molecular flexibility index (Phi) is 6.30. The Hall–Kier alpha value is -2.41. The topological polar surface area (TPSA) is 87.2 Å². The van der Waals surface area contributed by atoms with Crippen LogP contribution in [-0.2, 0) is 4.74 Å². The molecule has 1 aromatic rings. The Morgan fingerprint density at radius 3 is 2.12 bits per heavy atom. The average Bonchev–Trinajstić information content (AvgIpc) is 2.99. The first-order chi connectivity index (χ1) is 15.1. The number of ether oxygens (including phenoxy) is 1. The molecule has 0 bridgehead atoms. The van der Waals surface area contributed by atoms with Crippen LogP contribution < -0.4 is 0 Å². The summed E-state index contributed by atoms with van der Waals surface area (Å²) in [5, 5.41) is 9.55. The van der Waals surface area contributed by atoms with E-state index in [1.807, 2.05) is 0 Å². The van der Waals surface area contributed by atoms with Gasteiger partial charge in [-0.15, -0.1) is 0 Å². The van der Waals surface area contributed by atoms with Gasteiger partial charge in [0.1, 0.15) is 0 Å². The molecule has 2 atom stereocenters. The molecule has 2 heterocycles. The van der Waals surface area contributed by atoms with Gasteiger partial charge in [-0.05, 0) is 62.0 Å². The van der Waals surface area contributed by atoms with Crippen molar-refractivity contribution in [3.63, 3.8) is 0 Å². The van der Waals surface area contributed by atoms with Gasteiger partial charge in [0.2, 0.25) is 0 Å². The van der Waals surface area contributed by atoms with Crippen molar-refractivity contribution >= 4 is 17.9 Å². The van der Waals surface area contributed by atoms with E-state index in [1.165, 1.54) is 4.90 Å². The maximum Gasteiger partial charge on any atom is 0.407 e. The number of carbonyl (C=O) groups is 3. The second kappa shape index (κ2) is 8.85. The van der Waals surface area contributed by atoms with E-state index in [0.717, 1.165) is 38.5 Å². The molecule has 1 N–H and O–H groups in total. The van der Waals surface area contributed by atoms with Crippen molar-refractivity contribution in [1.82, 2.24) is 9.80 Å². The minimum Gasteiger partial charge on any atom is -0.465 e. The van der Waals surface area contributed by atoms with Crippen LogP contribution in [0.3, 0.4) is 0 Å². The fraction of sp³-hybridized carbons (Fsp3) is 0.640. The van der Waals surface area contributed by atoms with Crippen molar-refractivity contribution < 1.29 is 24.2 Å². The molecule has 1 saturated carbocycles. The molecule has 1 aliphatic carbocycles. The van der Waals surface area contributed by atoms with Crippen LogP contribution >= 0.6 is 0 Å². The molecule has 0 spiro atoms. The Labute approximate surface area is 189 Å². The van der Waals surface area contributed by atoms with Crippen LogP contribution in [0.2, 0.25) is 0 Å². The van der Waals surface area contributed by atoms with Crippen molar-refractivity contribution in [2.75, 3.05) is 13.1 Å². The first kappa shape index (κ1) is 22.8. The molecule has 32 heavy (non-hydrogen) atoms. The third-order valence-corrected chi connectivity index (χ3v) is 7.30. The van der Waals surface area contributed by atoms with E-state index >= 15 is 0 Å². The first-order valence-corrected chi connectivity index (χ1v) is 11.8. The Morgan fingerprint density at radius 1 is 1.00 bits per heavy atom. The predicted molar refractivity (Wildman–Crippen MR) is 120 cm³/mol. The maximum absolute atomic E-state index is 12.6. The van der Waals surface area contributed by atoms with Crippen LogP contribution in [-0.4, -0.2) is 64.2 Å². The molecule has 174 valence electrons. The van der Waals surface area contributed by atoms with Crippen molar-refractivity contribution in [3.05, 3.63) is 35.4 Å². The molecule has 2 unspecified atom stereocenters. The molecule has 0 radical (unpaired) electrons. The van der Waals surface area contributed by atoms with Gasteiger partial charge in [0, 0.05) is 19.1 Å². The van der Waals surface area contributed by atoms with Crippen molar-refractivity contribution in [1.29, 1.82) is 0 Å². The highest BCUT2D eigenvalue weighted by Crippen LogP contribution is 2.36. The highest BCUT2D eigenvalue weighted by molar-refractivity contribution is 6.21. The van der Waals surface area contributed by atoms with Gasteiger partial charge in [0.15, 0.2) is 0 Å². The van der Waals surface area contributed by atoms with Gasteiger partial charge in [-0.3, -0.25) is 14.5 Å². The van der Waals surface area contributed by atoms with Gasteiger partial charge in [-0.25, -0.2) is 4.79 Å². The number of hydrogen-bond acceptors (Lipinski definition) is 4. The first-order valence-electron chi connectivity index (χ1n) is 11.8. The van der Waals surface area contributed by atoms with Gasteiger partial charge in [-0.1, -0.05) is 32.9 Å². The molecule has 1 aromatic carbocycles. The molecule has 0 aromatic heterocycles. The Bertz CT molecular complexity index is 850.